The highest BCUT2D eigenvalue weighted by Gasteiger charge is 2.40. The molecule has 19 heavy (non-hydrogen) atoms. The van der Waals surface area contributed by atoms with Gasteiger partial charge in [-0.2, -0.15) is 0 Å². The van der Waals surface area contributed by atoms with E-state index < -0.39 is 11.9 Å². The lowest BCUT2D eigenvalue weighted by molar-refractivity contribution is -0.920. The number of Topliss-reactive ketones (excluding diaryl/α,β-unsaturated/α-hetero) is 1. The van der Waals surface area contributed by atoms with E-state index in [9.17, 15) is 9.59 Å². The summed E-state index contributed by atoms with van der Waals surface area (Å²) in [4.78, 5) is 24.9. The van der Waals surface area contributed by atoms with E-state index in [1.54, 1.807) is 0 Å². The zero-order valence-electron chi connectivity index (χ0n) is 11.4. The van der Waals surface area contributed by atoms with Gasteiger partial charge in [-0.25, -0.2) is 0 Å². The minimum absolute atomic E-state index is 0.0173. The van der Waals surface area contributed by atoms with Crippen molar-refractivity contribution in [3.05, 3.63) is 35.9 Å². The van der Waals surface area contributed by atoms with Gasteiger partial charge in [0.25, 0.3) is 0 Å². The van der Waals surface area contributed by atoms with E-state index in [2.05, 4.69) is 12.1 Å². The number of hydrogen-bond donors (Lipinski definition) is 1. The van der Waals surface area contributed by atoms with Crippen molar-refractivity contribution in [1.29, 1.82) is 0 Å². The molecule has 1 aromatic rings. The van der Waals surface area contributed by atoms with Crippen LogP contribution in [0.4, 0.5) is 0 Å². The lowest BCUT2D eigenvalue weighted by Gasteiger charge is -2.31. The molecular formula is C15H20NO3+. The monoisotopic (exact) mass is 262 g/mol. The summed E-state index contributed by atoms with van der Waals surface area (Å²) in [7, 11) is 1.34. The van der Waals surface area contributed by atoms with Gasteiger partial charge in [-0.05, 0) is 0 Å². The lowest BCUT2D eigenvalue weighted by Crippen LogP contribution is -3.14. The maximum Gasteiger partial charge on any atom is 0.322 e. The van der Waals surface area contributed by atoms with E-state index in [4.69, 9.17) is 4.74 Å². The van der Waals surface area contributed by atoms with Crippen molar-refractivity contribution in [2.45, 2.75) is 13.5 Å². The predicted molar refractivity (Wildman–Crippen MR) is 70.5 cm³/mol. The highest BCUT2D eigenvalue weighted by molar-refractivity contribution is 6.00. The summed E-state index contributed by atoms with van der Waals surface area (Å²) in [6.07, 6.45) is 0. The summed E-state index contributed by atoms with van der Waals surface area (Å²) in [5, 5.41) is 0. The Bertz CT molecular complexity index is 458. The SMILES string of the molecule is COC(=O)[C@H]1C[NH+](Cc2ccccc2)C[C@H](C)C1=O. The third-order valence-electron chi connectivity index (χ3n) is 3.70. The Labute approximate surface area is 113 Å². The zero-order chi connectivity index (χ0) is 13.8. The van der Waals surface area contributed by atoms with E-state index in [1.807, 2.05) is 25.1 Å². The van der Waals surface area contributed by atoms with Gasteiger partial charge in [0.05, 0.1) is 26.1 Å². The third-order valence-corrected chi connectivity index (χ3v) is 3.70. The first kappa shape index (κ1) is 13.7. The molecule has 1 aliphatic rings. The molecule has 1 fully saturated rings. The van der Waals surface area contributed by atoms with Gasteiger partial charge in [0.15, 0.2) is 11.7 Å². The average molecular weight is 262 g/mol. The van der Waals surface area contributed by atoms with Gasteiger partial charge in [-0.15, -0.1) is 0 Å². The van der Waals surface area contributed by atoms with Gasteiger partial charge in [0.1, 0.15) is 6.54 Å². The lowest BCUT2D eigenvalue weighted by atomic mass is 9.88. The molecule has 3 atom stereocenters. The Morgan fingerprint density at radius 3 is 2.63 bits per heavy atom. The predicted octanol–water partition coefficient (Wildman–Crippen LogP) is 0.0795. The van der Waals surface area contributed by atoms with Crippen LogP contribution in [-0.2, 0) is 20.9 Å². The number of ketones is 1. The normalized spacial score (nSPS) is 27.1. The van der Waals surface area contributed by atoms with E-state index in [1.165, 1.54) is 17.6 Å². The Balaban J connectivity index is 2.07. The summed E-state index contributed by atoms with van der Waals surface area (Å²) < 4.78 is 4.73. The number of methoxy groups -OCH3 is 1. The van der Waals surface area contributed by atoms with Crippen LogP contribution >= 0.6 is 0 Å². The summed E-state index contributed by atoms with van der Waals surface area (Å²) in [5.74, 6) is -1.07. The Morgan fingerprint density at radius 1 is 1.32 bits per heavy atom. The number of ether oxygens (including phenoxy) is 1. The fourth-order valence-corrected chi connectivity index (χ4v) is 2.72. The average Bonchev–Trinajstić information content (AvgIpc) is 2.43. The van der Waals surface area contributed by atoms with Crippen LogP contribution in [0.5, 0.6) is 0 Å². The van der Waals surface area contributed by atoms with Crippen molar-refractivity contribution >= 4 is 11.8 Å². The molecule has 1 unspecified atom stereocenters. The van der Waals surface area contributed by atoms with Gasteiger partial charge in [-0.3, -0.25) is 9.59 Å². The molecule has 0 spiro atoms. The minimum Gasteiger partial charge on any atom is -0.468 e. The topological polar surface area (TPSA) is 47.8 Å². The number of piperidine rings is 1. The molecule has 1 aromatic carbocycles. The standard InChI is InChI=1S/C15H19NO3/c1-11-8-16(9-12-6-4-3-5-7-12)10-13(14(11)17)15(18)19-2/h3-7,11,13H,8-10H2,1-2H3/p+1/t11-,13-/m0/s1. The number of quaternary nitrogens is 1. The maximum absolute atomic E-state index is 12.0. The summed E-state index contributed by atoms with van der Waals surface area (Å²) in [6.45, 7) is 4.04. The van der Waals surface area contributed by atoms with Crippen molar-refractivity contribution in [2.75, 3.05) is 20.2 Å². The maximum atomic E-state index is 12.0. The van der Waals surface area contributed by atoms with Gasteiger partial charge in [-0.1, -0.05) is 37.3 Å². The van der Waals surface area contributed by atoms with Gasteiger partial charge in [0.2, 0.25) is 0 Å². The molecular weight excluding hydrogens is 242 g/mol. The number of carbonyl (C=O) groups is 2. The van der Waals surface area contributed by atoms with Crippen molar-refractivity contribution in [2.24, 2.45) is 11.8 Å². The second-order valence-corrected chi connectivity index (χ2v) is 5.20. The van der Waals surface area contributed by atoms with E-state index >= 15 is 0 Å². The first-order valence-corrected chi connectivity index (χ1v) is 6.61. The Kier molecular flexibility index (Phi) is 4.32. The summed E-state index contributed by atoms with van der Waals surface area (Å²) in [5.41, 5.74) is 1.22. The number of esters is 1. The quantitative estimate of drug-likeness (QED) is 0.620. The first-order chi connectivity index (χ1) is 9.11. The molecule has 1 N–H and O–H groups in total. The van der Waals surface area contributed by atoms with Crippen LogP contribution < -0.4 is 4.90 Å². The van der Waals surface area contributed by atoms with Crippen LogP contribution in [0.25, 0.3) is 0 Å². The molecule has 1 heterocycles. The highest BCUT2D eigenvalue weighted by Crippen LogP contribution is 2.11. The van der Waals surface area contributed by atoms with E-state index in [0.717, 1.165) is 13.1 Å². The Hall–Kier alpha value is -1.68. The van der Waals surface area contributed by atoms with Crippen LogP contribution in [0.2, 0.25) is 0 Å². The van der Waals surface area contributed by atoms with Crippen LogP contribution in [0.1, 0.15) is 12.5 Å². The highest BCUT2D eigenvalue weighted by atomic mass is 16.5. The minimum atomic E-state index is -0.604. The van der Waals surface area contributed by atoms with Crippen LogP contribution in [0.15, 0.2) is 30.3 Å². The number of benzene rings is 1. The third kappa shape index (κ3) is 3.20. The summed E-state index contributed by atoms with van der Waals surface area (Å²) in [6, 6.07) is 10.1. The molecule has 0 saturated carbocycles. The summed E-state index contributed by atoms with van der Waals surface area (Å²) >= 11 is 0. The molecule has 102 valence electrons. The molecule has 0 bridgehead atoms. The number of carbonyl (C=O) groups excluding carboxylic acids is 2. The zero-order valence-corrected chi connectivity index (χ0v) is 11.4. The number of hydrogen-bond acceptors (Lipinski definition) is 3. The number of rotatable bonds is 3. The smallest absolute Gasteiger partial charge is 0.322 e. The largest absolute Gasteiger partial charge is 0.468 e. The van der Waals surface area contributed by atoms with Crippen molar-refractivity contribution in [1.82, 2.24) is 0 Å². The van der Waals surface area contributed by atoms with Gasteiger partial charge < -0.3 is 9.64 Å². The van der Waals surface area contributed by atoms with Crippen LogP contribution in [0, 0.1) is 11.8 Å². The van der Waals surface area contributed by atoms with Crippen LogP contribution in [-0.4, -0.2) is 32.0 Å². The van der Waals surface area contributed by atoms with Crippen LogP contribution in [0.3, 0.4) is 0 Å². The number of nitrogens with one attached hydrogen (secondary N) is 1. The van der Waals surface area contributed by atoms with Gasteiger partial charge in [0, 0.05) is 5.56 Å². The Morgan fingerprint density at radius 2 is 2.00 bits per heavy atom. The van der Waals surface area contributed by atoms with E-state index in [-0.39, 0.29) is 11.7 Å². The number of likely N-dealkylation sites (tertiary alicyclic amines) is 1. The second kappa shape index (κ2) is 5.97. The molecule has 4 heteroatoms. The second-order valence-electron chi connectivity index (χ2n) is 5.20. The first-order valence-electron chi connectivity index (χ1n) is 6.61. The molecule has 0 aliphatic carbocycles. The van der Waals surface area contributed by atoms with Crippen molar-refractivity contribution in [3.8, 4) is 0 Å². The van der Waals surface area contributed by atoms with Crippen molar-refractivity contribution < 1.29 is 19.2 Å². The molecule has 0 aromatic heterocycles. The molecule has 2 rings (SSSR count). The molecule has 0 amide bonds. The van der Waals surface area contributed by atoms with E-state index in [0.29, 0.717) is 6.54 Å². The molecule has 0 radical (unpaired) electrons. The van der Waals surface area contributed by atoms with Crippen molar-refractivity contribution in [3.63, 3.8) is 0 Å². The molecule has 4 nitrogen and oxygen atoms in total. The fourth-order valence-electron chi connectivity index (χ4n) is 2.72. The fraction of sp³-hybridized carbons (Fsp3) is 0.467. The van der Waals surface area contributed by atoms with Gasteiger partial charge >= 0.3 is 5.97 Å². The molecule has 1 aliphatic heterocycles. The molecule has 1 saturated heterocycles.